The monoisotopic (exact) mass is 398 g/mol. The van der Waals surface area contributed by atoms with Crippen LogP contribution in [0.1, 0.15) is 42.6 Å². The summed E-state index contributed by atoms with van der Waals surface area (Å²) in [6.07, 6.45) is 0. The molecule has 0 spiro atoms. The Bertz CT molecular complexity index is 854. The molecule has 1 fully saturated rings. The third kappa shape index (κ3) is 4.17. The maximum absolute atomic E-state index is 13.3. The number of benzene rings is 2. The molecule has 2 amide bonds. The first-order valence-electron chi connectivity index (χ1n) is 9.86. The Kier molecular flexibility index (Phi) is 6.33. The summed E-state index contributed by atoms with van der Waals surface area (Å²) in [7, 11) is 0. The molecule has 6 heteroatoms. The Hall–Kier alpha value is -2.73. The van der Waals surface area contributed by atoms with Gasteiger partial charge in [-0.15, -0.1) is 0 Å². The number of aliphatic hydroxyl groups is 1. The molecule has 0 unspecified atom stereocenters. The van der Waals surface area contributed by atoms with Crippen molar-refractivity contribution in [2.75, 3.05) is 13.2 Å². The zero-order valence-electron chi connectivity index (χ0n) is 17.0. The van der Waals surface area contributed by atoms with Crippen LogP contribution in [-0.2, 0) is 4.79 Å². The summed E-state index contributed by atoms with van der Waals surface area (Å²) >= 11 is 0. The van der Waals surface area contributed by atoms with E-state index in [2.05, 4.69) is 0 Å². The van der Waals surface area contributed by atoms with Crippen LogP contribution in [0.25, 0.3) is 0 Å². The van der Waals surface area contributed by atoms with Crippen LogP contribution in [0.2, 0.25) is 0 Å². The van der Waals surface area contributed by atoms with Crippen molar-refractivity contribution in [3.05, 3.63) is 71.5 Å². The van der Waals surface area contributed by atoms with Crippen molar-refractivity contribution >= 4 is 11.8 Å². The Labute approximate surface area is 170 Å². The molecule has 0 bridgehead atoms. The first-order valence-corrected chi connectivity index (χ1v) is 9.86. The fourth-order valence-electron chi connectivity index (χ4n) is 4.22. The predicted molar refractivity (Wildman–Crippen MR) is 109 cm³/mol. The lowest BCUT2D eigenvalue weighted by Gasteiger charge is -2.56. The number of rotatable bonds is 6. The highest BCUT2D eigenvalue weighted by Crippen LogP contribution is 2.41. The van der Waals surface area contributed by atoms with Gasteiger partial charge in [0.25, 0.3) is 5.91 Å². The number of halogens is 1. The lowest BCUT2D eigenvalue weighted by atomic mass is 9.74. The van der Waals surface area contributed by atoms with Crippen molar-refractivity contribution in [3.8, 4) is 0 Å². The first kappa shape index (κ1) is 21.0. The normalized spacial score (nSPS) is 21.0. The van der Waals surface area contributed by atoms with Crippen LogP contribution >= 0.6 is 0 Å². The van der Waals surface area contributed by atoms with Crippen molar-refractivity contribution in [2.45, 2.75) is 44.8 Å². The van der Waals surface area contributed by atoms with Crippen LogP contribution in [0.3, 0.4) is 0 Å². The Morgan fingerprint density at radius 2 is 1.69 bits per heavy atom. The standard InChI is InChI=1S/C23H27FN2O3/c1-15(2)25(23(29)18-9-11-19(24)12-10-18)13-20-22(17-7-5-4-6-8-17)21(14-27)26(20)16(3)28/h4-12,15,20-22,27H,13-14H2,1-3H3/t20-,21+,22-/m1/s1. The molecule has 1 aliphatic rings. The van der Waals surface area contributed by atoms with Crippen molar-refractivity contribution in [1.82, 2.24) is 9.80 Å². The van der Waals surface area contributed by atoms with Gasteiger partial charge in [0.2, 0.25) is 5.91 Å². The maximum atomic E-state index is 13.3. The largest absolute Gasteiger partial charge is 0.394 e. The number of nitrogens with zero attached hydrogens (tertiary/aromatic N) is 2. The van der Waals surface area contributed by atoms with Gasteiger partial charge in [0, 0.05) is 31.0 Å². The second-order valence-electron chi connectivity index (χ2n) is 7.74. The zero-order valence-corrected chi connectivity index (χ0v) is 17.0. The molecule has 2 aromatic rings. The van der Waals surface area contributed by atoms with E-state index in [9.17, 15) is 19.1 Å². The highest BCUT2D eigenvalue weighted by molar-refractivity contribution is 5.94. The van der Waals surface area contributed by atoms with E-state index in [4.69, 9.17) is 0 Å². The number of likely N-dealkylation sites (tertiary alicyclic amines) is 1. The van der Waals surface area contributed by atoms with Gasteiger partial charge in [-0.2, -0.15) is 0 Å². The van der Waals surface area contributed by atoms with Gasteiger partial charge in [0.1, 0.15) is 5.82 Å². The van der Waals surface area contributed by atoms with Crippen LogP contribution in [0.5, 0.6) is 0 Å². The van der Waals surface area contributed by atoms with Crippen LogP contribution < -0.4 is 0 Å². The van der Waals surface area contributed by atoms with Crippen LogP contribution in [0, 0.1) is 5.82 Å². The Balaban J connectivity index is 1.90. The summed E-state index contributed by atoms with van der Waals surface area (Å²) in [5.74, 6) is -0.788. The van der Waals surface area contributed by atoms with E-state index in [1.54, 1.807) is 9.80 Å². The van der Waals surface area contributed by atoms with Crippen molar-refractivity contribution < 1.29 is 19.1 Å². The van der Waals surface area contributed by atoms with Gasteiger partial charge in [-0.1, -0.05) is 30.3 Å². The average Bonchev–Trinajstić information content (AvgIpc) is 2.68. The SMILES string of the molecule is CC(=O)N1[C@H](CN(C(=O)c2ccc(F)cc2)C(C)C)[C@@H](c2ccccc2)[C@@H]1CO. The molecule has 0 saturated carbocycles. The summed E-state index contributed by atoms with van der Waals surface area (Å²) < 4.78 is 13.3. The number of carbonyl (C=O) groups is 2. The van der Waals surface area contributed by atoms with Crippen molar-refractivity contribution in [3.63, 3.8) is 0 Å². The number of hydrogen-bond acceptors (Lipinski definition) is 3. The van der Waals surface area contributed by atoms with Gasteiger partial charge in [-0.05, 0) is 43.7 Å². The van der Waals surface area contributed by atoms with E-state index >= 15 is 0 Å². The van der Waals surface area contributed by atoms with E-state index in [1.165, 1.54) is 31.2 Å². The smallest absolute Gasteiger partial charge is 0.254 e. The molecule has 0 aromatic heterocycles. The van der Waals surface area contributed by atoms with E-state index in [1.807, 2.05) is 44.2 Å². The summed E-state index contributed by atoms with van der Waals surface area (Å²) in [6, 6.07) is 14.6. The third-order valence-corrected chi connectivity index (χ3v) is 5.64. The Morgan fingerprint density at radius 3 is 2.21 bits per heavy atom. The number of hydrogen-bond donors (Lipinski definition) is 1. The number of amides is 2. The molecule has 3 rings (SSSR count). The predicted octanol–water partition coefficient (Wildman–Crippen LogP) is 3.05. The van der Waals surface area contributed by atoms with Gasteiger partial charge < -0.3 is 14.9 Å². The lowest BCUT2D eigenvalue weighted by molar-refractivity contribution is -0.149. The van der Waals surface area contributed by atoms with Crippen LogP contribution in [0.4, 0.5) is 4.39 Å². The molecule has 154 valence electrons. The molecule has 1 N–H and O–H groups in total. The molecule has 2 aromatic carbocycles. The summed E-state index contributed by atoms with van der Waals surface area (Å²) in [6.45, 7) is 5.52. The molecule has 3 atom stereocenters. The third-order valence-electron chi connectivity index (χ3n) is 5.64. The lowest BCUT2D eigenvalue weighted by Crippen LogP contribution is -2.68. The fourth-order valence-corrected chi connectivity index (χ4v) is 4.22. The molecule has 1 saturated heterocycles. The second-order valence-corrected chi connectivity index (χ2v) is 7.74. The highest BCUT2D eigenvalue weighted by atomic mass is 19.1. The summed E-state index contributed by atoms with van der Waals surface area (Å²) in [5, 5.41) is 9.90. The average molecular weight is 398 g/mol. The molecule has 0 radical (unpaired) electrons. The second kappa shape index (κ2) is 8.74. The minimum Gasteiger partial charge on any atom is -0.394 e. The van der Waals surface area contributed by atoms with Gasteiger partial charge in [0.15, 0.2) is 0 Å². The van der Waals surface area contributed by atoms with E-state index < -0.39 is 5.82 Å². The molecule has 1 aliphatic heterocycles. The van der Waals surface area contributed by atoms with Crippen molar-refractivity contribution in [1.29, 1.82) is 0 Å². The molecule has 29 heavy (non-hydrogen) atoms. The van der Waals surface area contributed by atoms with E-state index in [0.717, 1.165) is 5.56 Å². The maximum Gasteiger partial charge on any atom is 0.254 e. The molecule has 1 heterocycles. The fraction of sp³-hybridized carbons (Fsp3) is 0.391. The van der Waals surface area contributed by atoms with E-state index in [-0.39, 0.29) is 42.5 Å². The summed E-state index contributed by atoms with van der Waals surface area (Å²) in [4.78, 5) is 28.8. The first-order chi connectivity index (χ1) is 13.8. The molecular weight excluding hydrogens is 371 g/mol. The number of aliphatic hydroxyl groups excluding tert-OH is 1. The minimum absolute atomic E-state index is 0.0626. The van der Waals surface area contributed by atoms with Gasteiger partial charge in [0.05, 0.1) is 18.7 Å². The Morgan fingerprint density at radius 1 is 1.07 bits per heavy atom. The van der Waals surface area contributed by atoms with Gasteiger partial charge in [-0.25, -0.2) is 4.39 Å². The molecule has 5 nitrogen and oxygen atoms in total. The quantitative estimate of drug-likeness (QED) is 0.814. The van der Waals surface area contributed by atoms with Gasteiger partial charge >= 0.3 is 0 Å². The zero-order chi connectivity index (χ0) is 21.1. The van der Waals surface area contributed by atoms with E-state index in [0.29, 0.717) is 12.1 Å². The van der Waals surface area contributed by atoms with Crippen LogP contribution in [0.15, 0.2) is 54.6 Å². The van der Waals surface area contributed by atoms with Crippen LogP contribution in [-0.4, -0.2) is 58.0 Å². The highest BCUT2D eigenvalue weighted by Gasteiger charge is 2.51. The summed E-state index contributed by atoms with van der Waals surface area (Å²) in [5.41, 5.74) is 1.44. The van der Waals surface area contributed by atoms with Gasteiger partial charge in [-0.3, -0.25) is 9.59 Å². The molecular formula is C23H27FN2O3. The number of carbonyl (C=O) groups excluding carboxylic acids is 2. The van der Waals surface area contributed by atoms with Crippen molar-refractivity contribution in [2.24, 2.45) is 0 Å². The topological polar surface area (TPSA) is 60.9 Å². The molecule has 0 aliphatic carbocycles. The minimum atomic E-state index is -0.394.